The molecule has 1 nitrogen and oxygen atoms in total. The summed E-state index contributed by atoms with van der Waals surface area (Å²) < 4.78 is 0. The molecule has 0 radical (unpaired) electrons. The molecular weight excluding hydrogens is 270 g/mol. The third-order valence-corrected chi connectivity index (χ3v) is 5.17. The molecule has 0 aliphatic carbocycles. The second kappa shape index (κ2) is 6.22. The van der Waals surface area contributed by atoms with E-state index in [0.717, 1.165) is 12.3 Å². The molecule has 1 saturated heterocycles. The summed E-state index contributed by atoms with van der Waals surface area (Å²) in [5.41, 5.74) is 1.29. The van der Waals surface area contributed by atoms with Crippen molar-refractivity contribution in [2.75, 3.05) is 12.3 Å². The van der Waals surface area contributed by atoms with Gasteiger partial charge in [0.15, 0.2) is 0 Å². The van der Waals surface area contributed by atoms with Crippen LogP contribution < -0.4 is 5.32 Å². The van der Waals surface area contributed by atoms with Crippen molar-refractivity contribution < 1.29 is 0 Å². The van der Waals surface area contributed by atoms with Crippen LogP contribution in [0.1, 0.15) is 5.56 Å². The highest BCUT2D eigenvalue weighted by Gasteiger charge is 2.15. The highest BCUT2D eigenvalue weighted by Crippen LogP contribution is 2.40. The fraction of sp³-hybridized carbons (Fsp3) is 0.125. The lowest BCUT2D eigenvalue weighted by molar-refractivity contribution is 0.951. The zero-order chi connectivity index (χ0) is 12.9. The molecule has 0 saturated carbocycles. The third kappa shape index (κ3) is 3.17. The summed E-state index contributed by atoms with van der Waals surface area (Å²) in [4.78, 5) is 2.61. The minimum absolute atomic E-state index is 1.06. The third-order valence-electron chi connectivity index (χ3n) is 2.84. The lowest BCUT2D eigenvalue weighted by atomic mass is 10.2. The summed E-state index contributed by atoms with van der Waals surface area (Å²) in [6, 6.07) is 21.2. The SMILES string of the molecule is c1ccc(S/C(=C2/NCCS2)c2ccccc2)cc1. The van der Waals surface area contributed by atoms with E-state index in [-0.39, 0.29) is 0 Å². The summed E-state index contributed by atoms with van der Waals surface area (Å²) in [6.45, 7) is 1.06. The fourth-order valence-corrected chi connectivity index (χ4v) is 4.06. The minimum atomic E-state index is 1.06. The molecule has 2 aromatic rings. The molecule has 1 heterocycles. The first-order chi connectivity index (χ1) is 9.43. The quantitative estimate of drug-likeness (QED) is 0.837. The van der Waals surface area contributed by atoms with Crippen molar-refractivity contribution in [2.24, 2.45) is 0 Å². The van der Waals surface area contributed by atoms with Gasteiger partial charge in [-0.15, -0.1) is 11.8 Å². The van der Waals surface area contributed by atoms with Gasteiger partial charge in [-0.3, -0.25) is 0 Å². The Kier molecular flexibility index (Phi) is 4.16. The molecule has 0 atom stereocenters. The smallest absolute Gasteiger partial charge is 0.0830 e. The second-order valence-corrected chi connectivity index (χ2v) is 6.40. The Morgan fingerprint density at radius 2 is 1.63 bits per heavy atom. The van der Waals surface area contributed by atoms with Crippen LogP contribution in [-0.2, 0) is 0 Å². The first kappa shape index (κ1) is 12.7. The Morgan fingerprint density at radius 1 is 0.947 bits per heavy atom. The van der Waals surface area contributed by atoms with Crippen molar-refractivity contribution in [2.45, 2.75) is 4.90 Å². The van der Waals surface area contributed by atoms with Gasteiger partial charge in [0.25, 0.3) is 0 Å². The van der Waals surface area contributed by atoms with Gasteiger partial charge in [0, 0.05) is 22.1 Å². The normalized spacial score (nSPS) is 17.1. The number of hydrogen-bond donors (Lipinski definition) is 1. The van der Waals surface area contributed by atoms with E-state index in [2.05, 4.69) is 66.0 Å². The van der Waals surface area contributed by atoms with Crippen molar-refractivity contribution in [1.29, 1.82) is 0 Å². The van der Waals surface area contributed by atoms with Gasteiger partial charge in [0.2, 0.25) is 0 Å². The van der Waals surface area contributed by atoms with Gasteiger partial charge in [0.1, 0.15) is 0 Å². The molecule has 96 valence electrons. The summed E-state index contributed by atoms with van der Waals surface area (Å²) in [5.74, 6) is 1.15. The van der Waals surface area contributed by atoms with Crippen LogP contribution in [-0.4, -0.2) is 12.3 Å². The van der Waals surface area contributed by atoms with Gasteiger partial charge in [-0.1, -0.05) is 60.3 Å². The van der Waals surface area contributed by atoms with E-state index >= 15 is 0 Å². The molecule has 3 rings (SSSR count). The average molecular weight is 285 g/mol. The maximum Gasteiger partial charge on any atom is 0.0830 e. The predicted molar refractivity (Wildman–Crippen MR) is 86.1 cm³/mol. The van der Waals surface area contributed by atoms with Crippen LogP contribution in [0.25, 0.3) is 4.91 Å². The Hall–Kier alpha value is -1.32. The van der Waals surface area contributed by atoms with Gasteiger partial charge in [-0.2, -0.15) is 0 Å². The molecule has 1 N–H and O–H groups in total. The molecule has 0 bridgehead atoms. The van der Waals surface area contributed by atoms with Gasteiger partial charge in [0.05, 0.1) is 5.03 Å². The summed E-state index contributed by atoms with van der Waals surface area (Å²) >= 11 is 3.75. The Balaban J connectivity index is 1.96. The van der Waals surface area contributed by atoms with E-state index in [9.17, 15) is 0 Å². The Labute approximate surface area is 122 Å². The molecule has 1 aliphatic rings. The minimum Gasteiger partial charge on any atom is -0.378 e. The molecule has 19 heavy (non-hydrogen) atoms. The van der Waals surface area contributed by atoms with E-state index in [1.54, 1.807) is 0 Å². The summed E-state index contributed by atoms with van der Waals surface area (Å²) in [5, 5.41) is 4.80. The lowest BCUT2D eigenvalue weighted by Gasteiger charge is -2.11. The number of rotatable bonds is 3. The Bertz CT molecular complexity index is 556. The number of nitrogens with one attached hydrogen (secondary N) is 1. The van der Waals surface area contributed by atoms with Crippen molar-refractivity contribution in [3.05, 3.63) is 71.3 Å². The van der Waals surface area contributed by atoms with Crippen LogP contribution in [0.4, 0.5) is 0 Å². The molecule has 0 unspecified atom stereocenters. The fourth-order valence-electron chi connectivity index (χ4n) is 1.95. The van der Waals surface area contributed by atoms with Gasteiger partial charge in [-0.05, 0) is 17.7 Å². The highest BCUT2D eigenvalue weighted by molar-refractivity contribution is 8.10. The van der Waals surface area contributed by atoms with E-state index in [1.165, 1.54) is 20.4 Å². The van der Waals surface area contributed by atoms with E-state index < -0.39 is 0 Å². The molecule has 0 aromatic heterocycles. The number of thioether (sulfide) groups is 2. The van der Waals surface area contributed by atoms with Crippen LogP contribution in [0.3, 0.4) is 0 Å². The number of hydrogen-bond acceptors (Lipinski definition) is 3. The zero-order valence-electron chi connectivity index (χ0n) is 10.5. The van der Waals surface area contributed by atoms with Crippen molar-refractivity contribution >= 4 is 28.4 Å². The van der Waals surface area contributed by atoms with Crippen molar-refractivity contribution in [3.63, 3.8) is 0 Å². The zero-order valence-corrected chi connectivity index (χ0v) is 12.1. The van der Waals surface area contributed by atoms with Gasteiger partial charge < -0.3 is 5.32 Å². The molecule has 1 aliphatic heterocycles. The average Bonchev–Trinajstić information content (AvgIpc) is 3.01. The topological polar surface area (TPSA) is 12.0 Å². The van der Waals surface area contributed by atoms with E-state index in [1.807, 2.05) is 23.5 Å². The van der Waals surface area contributed by atoms with Crippen LogP contribution in [0, 0.1) is 0 Å². The van der Waals surface area contributed by atoms with Gasteiger partial charge >= 0.3 is 0 Å². The van der Waals surface area contributed by atoms with Crippen LogP contribution in [0.2, 0.25) is 0 Å². The lowest BCUT2D eigenvalue weighted by Crippen LogP contribution is -2.05. The van der Waals surface area contributed by atoms with Crippen LogP contribution in [0.5, 0.6) is 0 Å². The first-order valence-electron chi connectivity index (χ1n) is 6.33. The van der Waals surface area contributed by atoms with Crippen LogP contribution >= 0.6 is 23.5 Å². The first-order valence-corrected chi connectivity index (χ1v) is 8.13. The van der Waals surface area contributed by atoms with Crippen molar-refractivity contribution in [3.8, 4) is 0 Å². The standard InChI is InChI=1S/C16H15NS2/c1-3-7-13(8-4-1)15(16-17-11-12-18-16)19-14-9-5-2-6-10-14/h1-10,17H,11-12H2/b16-15-. The summed E-state index contributed by atoms with van der Waals surface area (Å²) in [6.07, 6.45) is 0. The van der Waals surface area contributed by atoms with Crippen LogP contribution in [0.15, 0.2) is 70.6 Å². The van der Waals surface area contributed by atoms with Crippen molar-refractivity contribution in [1.82, 2.24) is 5.32 Å². The second-order valence-electron chi connectivity index (χ2n) is 4.21. The summed E-state index contributed by atoms with van der Waals surface area (Å²) in [7, 11) is 0. The largest absolute Gasteiger partial charge is 0.378 e. The monoisotopic (exact) mass is 285 g/mol. The number of benzene rings is 2. The maximum atomic E-state index is 3.50. The van der Waals surface area contributed by atoms with Gasteiger partial charge in [-0.25, -0.2) is 0 Å². The molecule has 0 spiro atoms. The Morgan fingerprint density at radius 3 is 2.26 bits per heavy atom. The molecule has 3 heteroatoms. The maximum absolute atomic E-state index is 3.50. The molecule has 2 aromatic carbocycles. The molecule has 0 amide bonds. The molecule has 1 fully saturated rings. The predicted octanol–water partition coefficient (Wildman–Crippen LogP) is 4.44. The van der Waals surface area contributed by atoms with E-state index in [0.29, 0.717) is 0 Å². The van der Waals surface area contributed by atoms with E-state index in [4.69, 9.17) is 0 Å². The highest BCUT2D eigenvalue weighted by atomic mass is 32.2. The molecular formula is C16H15NS2.